The van der Waals surface area contributed by atoms with E-state index in [-0.39, 0.29) is 0 Å². The summed E-state index contributed by atoms with van der Waals surface area (Å²) in [4.78, 5) is 6.49. The van der Waals surface area contributed by atoms with Gasteiger partial charge in [-0.05, 0) is 0 Å². The lowest BCUT2D eigenvalue weighted by atomic mass is 10.3. The predicted octanol–water partition coefficient (Wildman–Crippen LogP) is 0.922. The molecule has 1 fully saturated rings. The maximum absolute atomic E-state index is 5.96. The number of aromatic nitrogens is 3. The van der Waals surface area contributed by atoms with Gasteiger partial charge in [-0.1, -0.05) is 11.6 Å². The molecule has 1 saturated heterocycles. The standard InChI is InChI=1S/C12H15ClN6O/c13-8-6-17-19(12(8)15)10-5-11(16-7-9(10)14)18-1-3-20-4-2-18/h5-7H,1-4,14-15H2. The number of nitrogens with two attached hydrogens (primary N) is 2. The quantitative estimate of drug-likeness (QED) is 0.855. The van der Waals surface area contributed by atoms with Gasteiger partial charge >= 0.3 is 0 Å². The summed E-state index contributed by atoms with van der Waals surface area (Å²) in [6, 6.07) is 1.86. The minimum Gasteiger partial charge on any atom is -0.396 e. The monoisotopic (exact) mass is 294 g/mol. The molecule has 7 nitrogen and oxygen atoms in total. The van der Waals surface area contributed by atoms with Crippen LogP contribution in [0.4, 0.5) is 17.3 Å². The maximum Gasteiger partial charge on any atom is 0.146 e. The number of hydrogen-bond donors (Lipinski definition) is 2. The minimum atomic E-state index is 0.359. The number of halogens is 1. The zero-order valence-corrected chi connectivity index (χ0v) is 11.5. The lowest BCUT2D eigenvalue weighted by molar-refractivity contribution is 0.122. The second kappa shape index (κ2) is 5.18. The van der Waals surface area contributed by atoms with Crippen LogP contribution in [-0.2, 0) is 4.74 Å². The highest BCUT2D eigenvalue weighted by molar-refractivity contribution is 6.32. The molecule has 0 radical (unpaired) electrons. The second-order valence-corrected chi connectivity index (χ2v) is 4.90. The van der Waals surface area contributed by atoms with E-state index in [0.717, 1.165) is 18.9 Å². The van der Waals surface area contributed by atoms with Crippen LogP contribution in [0.25, 0.3) is 5.69 Å². The SMILES string of the molecule is Nc1cnc(N2CCOCC2)cc1-n1ncc(Cl)c1N. The summed E-state index contributed by atoms with van der Waals surface area (Å²) in [5.74, 6) is 1.18. The molecule has 4 N–H and O–H groups in total. The van der Waals surface area contributed by atoms with Gasteiger partial charge in [0.15, 0.2) is 0 Å². The molecule has 0 unspecified atom stereocenters. The Morgan fingerprint density at radius 3 is 2.60 bits per heavy atom. The molecule has 1 aliphatic heterocycles. The fourth-order valence-corrected chi connectivity index (χ4v) is 2.25. The Labute approximate surface area is 121 Å². The number of ether oxygens (including phenoxy) is 1. The summed E-state index contributed by atoms with van der Waals surface area (Å²) >= 11 is 5.93. The van der Waals surface area contributed by atoms with Crippen molar-refractivity contribution in [1.29, 1.82) is 0 Å². The van der Waals surface area contributed by atoms with Crippen molar-refractivity contribution in [1.82, 2.24) is 14.8 Å². The minimum absolute atomic E-state index is 0.359. The van der Waals surface area contributed by atoms with Gasteiger partial charge in [-0.2, -0.15) is 5.10 Å². The van der Waals surface area contributed by atoms with Crippen molar-refractivity contribution in [3.63, 3.8) is 0 Å². The molecular formula is C12H15ClN6O. The first-order chi connectivity index (χ1) is 9.66. The molecule has 0 spiro atoms. The molecule has 20 heavy (non-hydrogen) atoms. The van der Waals surface area contributed by atoms with Crippen molar-refractivity contribution >= 4 is 28.9 Å². The van der Waals surface area contributed by atoms with Crippen molar-refractivity contribution < 1.29 is 4.74 Å². The summed E-state index contributed by atoms with van der Waals surface area (Å²) in [7, 11) is 0. The van der Waals surface area contributed by atoms with Gasteiger partial charge in [0, 0.05) is 19.2 Å². The topological polar surface area (TPSA) is 95.2 Å². The largest absolute Gasteiger partial charge is 0.396 e. The normalized spacial score (nSPS) is 15.6. The maximum atomic E-state index is 5.96. The van der Waals surface area contributed by atoms with Gasteiger partial charge < -0.3 is 21.1 Å². The van der Waals surface area contributed by atoms with Crippen LogP contribution in [-0.4, -0.2) is 41.1 Å². The van der Waals surface area contributed by atoms with Gasteiger partial charge in [-0.3, -0.25) is 0 Å². The van der Waals surface area contributed by atoms with E-state index in [4.69, 9.17) is 27.8 Å². The third-order valence-corrected chi connectivity index (χ3v) is 3.51. The molecule has 3 rings (SSSR count). The Balaban J connectivity index is 2.00. The zero-order valence-electron chi connectivity index (χ0n) is 10.8. The highest BCUT2D eigenvalue weighted by atomic mass is 35.5. The van der Waals surface area contributed by atoms with Crippen LogP contribution in [0.2, 0.25) is 5.02 Å². The molecule has 2 aromatic rings. The van der Waals surface area contributed by atoms with Gasteiger partial charge in [0.1, 0.15) is 16.7 Å². The smallest absolute Gasteiger partial charge is 0.146 e. The van der Waals surface area contributed by atoms with Crippen LogP contribution >= 0.6 is 11.6 Å². The van der Waals surface area contributed by atoms with Crippen LogP contribution in [0.3, 0.4) is 0 Å². The molecule has 1 aliphatic rings. The fraction of sp³-hybridized carbons (Fsp3) is 0.333. The summed E-state index contributed by atoms with van der Waals surface area (Å²) < 4.78 is 6.85. The molecule has 2 aromatic heterocycles. The molecule has 0 bridgehead atoms. The second-order valence-electron chi connectivity index (χ2n) is 4.49. The zero-order chi connectivity index (χ0) is 14.1. The van der Waals surface area contributed by atoms with Crippen molar-refractivity contribution in [2.45, 2.75) is 0 Å². The lowest BCUT2D eigenvalue weighted by Gasteiger charge is -2.28. The van der Waals surface area contributed by atoms with Gasteiger partial charge in [-0.25, -0.2) is 9.67 Å². The highest BCUT2D eigenvalue weighted by Gasteiger charge is 2.16. The van der Waals surface area contributed by atoms with Gasteiger partial charge in [0.05, 0.1) is 37.0 Å². The van der Waals surface area contributed by atoms with Crippen LogP contribution in [0, 0.1) is 0 Å². The van der Waals surface area contributed by atoms with E-state index in [1.165, 1.54) is 10.9 Å². The third kappa shape index (κ3) is 2.25. The van der Waals surface area contributed by atoms with Crippen molar-refractivity contribution in [3.8, 4) is 5.69 Å². The molecule has 0 aliphatic carbocycles. The lowest BCUT2D eigenvalue weighted by Crippen LogP contribution is -2.36. The summed E-state index contributed by atoms with van der Waals surface area (Å²) in [5.41, 5.74) is 13.0. The Morgan fingerprint density at radius 2 is 1.95 bits per heavy atom. The summed E-state index contributed by atoms with van der Waals surface area (Å²) in [6.07, 6.45) is 3.10. The number of morpholine rings is 1. The number of nitrogens with zero attached hydrogens (tertiary/aromatic N) is 4. The fourth-order valence-electron chi connectivity index (χ4n) is 2.12. The first-order valence-electron chi connectivity index (χ1n) is 6.24. The molecular weight excluding hydrogens is 280 g/mol. The Morgan fingerprint density at radius 1 is 1.20 bits per heavy atom. The Kier molecular flexibility index (Phi) is 3.37. The van der Waals surface area contributed by atoms with E-state index in [1.54, 1.807) is 6.20 Å². The number of hydrogen-bond acceptors (Lipinski definition) is 6. The summed E-state index contributed by atoms with van der Waals surface area (Å²) in [6.45, 7) is 2.98. The van der Waals surface area contributed by atoms with E-state index in [1.807, 2.05) is 6.07 Å². The molecule has 106 valence electrons. The number of rotatable bonds is 2. The van der Waals surface area contributed by atoms with Gasteiger partial charge in [0.2, 0.25) is 0 Å². The number of pyridine rings is 1. The van der Waals surface area contributed by atoms with E-state index < -0.39 is 0 Å². The summed E-state index contributed by atoms with van der Waals surface area (Å²) in [5, 5.41) is 4.54. The highest BCUT2D eigenvalue weighted by Crippen LogP contribution is 2.27. The molecule has 3 heterocycles. The van der Waals surface area contributed by atoms with E-state index in [9.17, 15) is 0 Å². The predicted molar refractivity (Wildman–Crippen MR) is 78.2 cm³/mol. The molecule has 0 saturated carbocycles. The Hall–Kier alpha value is -1.99. The average Bonchev–Trinajstić information content (AvgIpc) is 2.81. The van der Waals surface area contributed by atoms with Crippen LogP contribution < -0.4 is 16.4 Å². The van der Waals surface area contributed by atoms with E-state index >= 15 is 0 Å². The molecule has 8 heteroatoms. The van der Waals surface area contributed by atoms with Gasteiger partial charge in [-0.15, -0.1) is 0 Å². The van der Waals surface area contributed by atoms with Crippen molar-refractivity contribution in [3.05, 3.63) is 23.5 Å². The van der Waals surface area contributed by atoms with Crippen molar-refractivity contribution in [2.24, 2.45) is 0 Å². The van der Waals surface area contributed by atoms with E-state index in [2.05, 4.69) is 15.0 Å². The van der Waals surface area contributed by atoms with E-state index in [0.29, 0.717) is 35.4 Å². The van der Waals surface area contributed by atoms with Crippen LogP contribution in [0.15, 0.2) is 18.5 Å². The average molecular weight is 295 g/mol. The Bertz CT molecular complexity index is 622. The van der Waals surface area contributed by atoms with Gasteiger partial charge in [0.25, 0.3) is 0 Å². The number of anilines is 3. The number of nitrogen functional groups attached to an aromatic ring is 2. The van der Waals surface area contributed by atoms with Crippen LogP contribution in [0.5, 0.6) is 0 Å². The molecule has 0 atom stereocenters. The first kappa shape index (κ1) is 13.0. The third-order valence-electron chi connectivity index (χ3n) is 3.22. The van der Waals surface area contributed by atoms with Crippen molar-refractivity contribution in [2.75, 3.05) is 42.7 Å². The van der Waals surface area contributed by atoms with Crippen LogP contribution in [0.1, 0.15) is 0 Å². The molecule has 0 amide bonds. The molecule has 0 aromatic carbocycles. The first-order valence-corrected chi connectivity index (χ1v) is 6.62.